The van der Waals surface area contributed by atoms with Crippen molar-refractivity contribution in [3.63, 3.8) is 0 Å². The topological polar surface area (TPSA) is 4.36 Å². The highest BCUT2D eigenvalue weighted by molar-refractivity contribution is 9.10. The van der Waals surface area contributed by atoms with E-state index in [1.165, 1.54) is 0 Å². The SMILES string of the molecule is [C-]#[N+][C@@H](C)c1ccc(Br)cc1. The molecule has 2 heteroatoms. The van der Waals surface area contributed by atoms with Gasteiger partial charge in [-0.2, -0.15) is 0 Å². The predicted molar refractivity (Wildman–Crippen MR) is 49.2 cm³/mol. The van der Waals surface area contributed by atoms with Gasteiger partial charge in [0, 0.05) is 17.0 Å². The van der Waals surface area contributed by atoms with Gasteiger partial charge in [0.05, 0.1) is 0 Å². The van der Waals surface area contributed by atoms with Crippen LogP contribution in [0.3, 0.4) is 0 Å². The third-order valence-electron chi connectivity index (χ3n) is 1.55. The molecule has 0 aliphatic heterocycles. The summed E-state index contributed by atoms with van der Waals surface area (Å²) in [5.74, 6) is 0. The van der Waals surface area contributed by atoms with Crippen LogP contribution < -0.4 is 0 Å². The average Bonchev–Trinajstić information content (AvgIpc) is 2.05. The predicted octanol–water partition coefficient (Wildman–Crippen LogP) is 3.43. The number of hydrogen-bond acceptors (Lipinski definition) is 0. The second-order valence-corrected chi connectivity index (χ2v) is 3.27. The molecule has 0 spiro atoms. The molecule has 1 aromatic rings. The smallest absolute Gasteiger partial charge is 0.245 e. The van der Waals surface area contributed by atoms with E-state index < -0.39 is 0 Å². The second kappa shape index (κ2) is 3.54. The third kappa shape index (κ3) is 2.06. The summed E-state index contributed by atoms with van der Waals surface area (Å²) in [7, 11) is 0. The van der Waals surface area contributed by atoms with Crippen molar-refractivity contribution in [3.05, 3.63) is 45.7 Å². The summed E-state index contributed by atoms with van der Waals surface area (Å²) in [6.07, 6.45) is 0. The molecule has 0 bridgehead atoms. The molecule has 1 aromatic carbocycles. The molecule has 0 saturated carbocycles. The van der Waals surface area contributed by atoms with Gasteiger partial charge in [-0.1, -0.05) is 28.1 Å². The lowest BCUT2D eigenvalue weighted by molar-refractivity contribution is 0.961. The quantitative estimate of drug-likeness (QED) is 0.625. The minimum absolute atomic E-state index is 0.0249. The zero-order valence-electron chi connectivity index (χ0n) is 6.21. The first-order chi connectivity index (χ1) is 5.24. The van der Waals surface area contributed by atoms with E-state index in [9.17, 15) is 0 Å². The maximum Gasteiger partial charge on any atom is 0.245 e. The van der Waals surface area contributed by atoms with Crippen molar-refractivity contribution in [2.24, 2.45) is 0 Å². The summed E-state index contributed by atoms with van der Waals surface area (Å²) in [6, 6.07) is 7.82. The molecule has 0 aromatic heterocycles. The molecule has 0 heterocycles. The van der Waals surface area contributed by atoms with Gasteiger partial charge in [0.2, 0.25) is 6.04 Å². The summed E-state index contributed by atoms with van der Waals surface area (Å²) in [5, 5.41) is 0. The minimum atomic E-state index is -0.0249. The fourth-order valence-corrected chi connectivity index (χ4v) is 1.08. The summed E-state index contributed by atoms with van der Waals surface area (Å²) in [6.45, 7) is 8.71. The molecule has 1 rings (SSSR count). The maximum atomic E-state index is 6.81. The first kappa shape index (κ1) is 8.29. The normalized spacial score (nSPS) is 12.1. The van der Waals surface area contributed by atoms with Crippen LogP contribution in [0.2, 0.25) is 0 Å². The van der Waals surface area contributed by atoms with Gasteiger partial charge in [-0.05, 0) is 12.1 Å². The van der Waals surface area contributed by atoms with Crippen LogP contribution in [0.25, 0.3) is 4.85 Å². The molecular weight excluding hydrogens is 202 g/mol. The van der Waals surface area contributed by atoms with E-state index in [1.54, 1.807) is 0 Å². The Hall–Kier alpha value is -0.810. The van der Waals surface area contributed by atoms with Crippen LogP contribution in [0.4, 0.5) is 0 Å². The number of nitrogens with zero attached hydrogens (tertiary/aromatic N) is 1. The van der Waals surface area contributed by atoms with Crippen molar-refractivity contribution in [2.75, 3.05) is 0 Å². The van der Waals surface area contributed by atoms with E-state index in [1.807, 2.05) is 31.2 Å². The molecule has 0 amide bonds. The molecule has 0 unspecified atom stereocenters. The lowest BCUT2D eigenvalue weighted by Crippen LogP contribution is -1.84. The average molecular weight is 210 g/mol. The highest BCUT2D eigenvalue weighted by atomic mass is 79.9. The Morgan fingerprint density at radius 1 is 1.36 bits per heavy atom. The van der Waals surface area contributed by atoms with Gasteiger partial charge in [0.1, 0.15) is 0 Å². The zero-order valence-corrected chi connectivity index (χ0v) is 7.80. The van der Waals surface area contributed by atoms with Crippen molar-refractivity contribution in [1.29, 1.82) is 0 Å². The number of halogens is 1. The van der Waals surface area contributed by atoms with Crippen molar-refractivity contribution < 1.29 is 0 Å². The fraction of sp³-hybridized carbons (Fsp3) is 0.222. The summed E-state index contributed by atoms with van der Waals surface area (Å²) < 4.78 is 1.05. The highest BCUT2D eigenvalue weighted by Crippen LogP contribution is 2.18. The molecule has 0 radical (unpaired) electrons. The largest absolute Gasteiger partial charge is 0.309 e. The van der Waals surface area contributed by atoms with Gasteiger partial charge >= 0.3 is 0 Å². The van der Waals surface area contributed by atoms with Crippen molar-refractivity contribution >= 4 is 15.9 Å². The summed E-state index contributed by atoms with van der Waals surface area (Å²) in [4.78, 5) is 3.42. The molecule has 0 N–H and O–H groups in total. The Kier molecular flexibility index (Phi) is 2.67. The van der Waals surface area contributed by atoms with Crippen LogP contribution in [-0.2, 0) is 0 Å². The first-order valence-electron chi connectivity index (χ1n) is 3.36. The van der Waals surface area contributed by atoms with E-state index in [2.05, 4.69) is 20.8 Å². The molecule has 1 atom stereocenters. The Morgan fingerprint density at radius 3 is 2.36 bits per heavy atom. The Bertz CT molecular complexity index is 271. The molecule has 0 aliphatic carbocycles. The standard InChI is InChI=1S/C9H8BrN/c1-7(11-2)8-3-5-9(10)6-4-8/h3-7H,1H3/t7-/m0/s1. The first-order valence-corrected chi connectivity index (χ1v) is 4.15. The van der Waals surface area contributed by atoms with Crippen LogP contribution in [0.1, 0.15) is 18.5 Å². The van der Waals surface area contributed by atoms with Crippen molar-refractivity contribution in [1.82, 2.24) is 0 Å². The van der Waals surface area contributed by atoms with Gasteiger partial charge in [-0.15, -0.1) is 0 Å². The van der Waals surface area contributed by atoms with Crippen molar-refractivity contribution in [2.45, 2.75) is 13.0 Å². The summed E-state index contributed by atoms with van der Waals surface area (Å²) >= 11 is 3.34. The fourth-order valence-electron chi connectivity index (χ4n) is 0.816. The Balaban J connectivity index is 2.92. The van der Waals surface area contributed by atoms with E-state index in [-0.39, 0.29) is 6.04 Å². The van der Waals surface area contributed by atoms with E-state index >= 15 is 0 Å². The monoisotopic (exact) mass is 209 g/mol. The van der Waals surface area contributed by atoms with E-state index in [4.69, 9.17) is 6.57 Å². The lowest BCUT2D eigenvalue weighted by Gasteiger charge is -1.97. The molecule has 56 valence electrons. The van der Waals surface area contributed by atoms with Gasteiger partial charge < -0.3 is 4.85 Å². The third-order valence-corrected chi connectivity index (χ3v) is 2.07. The second-order valence-electron chi connectivity index (χ2n) is 2.36. The Labute approximate surface area is 75.0 Å². The maximum absolute atomic E-state index is 6.81. The molecule has 0 saturated heterocycles. The van der Waals surface area contributed by atoms with Gasteiger partial charge in [0.15, 0.2) is 0 Å². The van der Waals surface area contributed by atoms with Crippen LogP contribution in [0.15, 0.2) is 28.7 Å². The van der Waals surface area contributed by atoms with Crippen LogP contribution >= 0.6 is 15.9 Å². The van der Waals surface area contributed by atoms with Crippen LogP contribution in [0.5, 0.6) is 0 Å². The Morgan fingerprint density at radius 2 is 1.91 bits per heavy atom. The molecule has 1 nitrogen and oxygen atoms in total. The number of benzene rings is 1. The van der Waals surface area contributed by atoms with Gasteiger partial charge in [0.25, 0.3) is 0 Å². The molecule has 0 fully saturated rings. The highest BCUT2D eigenvalue weighted by Gasteiger charge is 2.05. The molecule has 11 heavy (non-hydrogen) atoms. The molecule has 0 aliphatic rings. The minimum Gasteiger partial charge on any atom is -0.309 e. The lowest BCUT2D eigenvalue weighted by atomic mass is 10.1. The van der Waals surface area contributed by atoms with E-state index in [0.29, 0.717) is 0 Å². The van der Waals surface area contributed by atoms with Gasteiger partial charge in [-0.3, -0.25) is 0 Å². The van der Waals surface area contributed by atoms with Crippen LogP contribution in [0, 0.1) is 6.57 Å². The number of rotatable bonds is 1. The number of hydrogen-bond donors (Lipinski definition) is 0. The zero-order chi connectivity index (χ0) is 8.27. The van der Waals surface area contributed by atoms with Crippen LogP contribution in [-0.4, -0.2) is 0 Å². The van der Waals surface area contributed by atoms with Crippen molar-refractivity contribution in [3.8, 4) is 0 Å². The van der Waals surface area contributed by atoms with E-state index in [0.717, 1.165) is 10.0 Å². The van der Waals surface area contributed by atoms with Gasteiger partial charge in [-0.25, -0.2) is 6.57 Å². The molecular formula is C9H8BrN. The summed E-state index contributed by atoms with van der Waals surface area (Å²) in [5.41, 5.74) is 1.07.